The number of piperidine rings is 1. The molecular weight excluding hydrogens is 212 g/mol. The number of nitrogens with zero attached hydrogens (tertiary/aromatic N) is 1. The van der Waals surface area contributed by atoms with E-state index in [2.05, 4.69) is 30.0 Å². The highest BCUT2D eigenvalue weighted by Gasteiger charge is 2.20. The third-order valence-corrected chi connectivity index (χ3v) is 3.67. The molecule has 1 fully saturated rings. The molecule has 0 atom stereocenters. The average molecular weight is 234 g/mol. The number of rotatable bonds is 3. The van der Waals surface area contributed by atoms with Crippen LogP contribution in [0.2, 0.25) is 0 Å². The van der Waals surface area contributed by atoms with Crippen LogP contribution in [0, 0.1) is 12.8 Å². The smallest absolute Gasteiger partial charge is 0.0460 e. The molecule has 94 valence electrons. The zero-order valence-corrected chi connectivity index (χ0v) is 10.5. The molecule has 3 N–H and O–H groups in total. The Morgan fingerprint density at radius 1 is 1.35 bits per heavy atom. The first-order valence-corrected chi connectivity index (χ1v) is 6.40. The third-order valence-electron chi connectivity index (χ3n) is 3.67. The van der Waals surface area contributed by atoms with Crippen LogP contribution in [0.3, 0.4) is 0 Å². The van der Waals surface area contributed by atoms with Gasteiger partial charge in [-0.3, -0.25) is 0 Å². The highest BCUT2D eigenvalue weighted by molar-refractivity contribution is 5.55. The summed E-state index contributed by atoms with van der Waals surface area (Å²) in [4.78, 5) is 2.40. The van der Waals surface area contributed by atoms with Gasteiger partial charge >= 0.3 is 0 Å². The van der Waals surface area contributed by atoms with Crippen molar-refractivity contribution in [3.63, 3.8) is 0 Å². The van der Waals surface area contributed by atoms with Gasteiger partial charge in [0.15, 0.2) is 0 Å². The predicted octanol–water partition coefficient (Wildman–Crippen LogP) is 1.66. The highest BCUT2D eigenvalue weighted by Crippen LogP contribution is 2.27. The molecule has 0 spiro atoms. The summed E-state index contributed by atoms with van der Waals surface area (Å²) in [5.74, 6) is 0.484. The van der Waals surface area contributed by atoms with Crippen LogP contribution in [0.4, 0.5) is 5.69 Å². The fraction of sp³-hybridized carbons (Fsp3) is 0.571. The maximum Gasteiger partial charge on any atom is 0.0460 e. The molecule has 3 heteroatoms. The van der Waals surface area contributed by atoms with Gasteiger partial charge in [0.2, 0.25) is 0 Å². The number of aliphatic hydroxyl groups excluding tert-OH is 1. The number of aliphatic hydroxyl groups is 1. The highest BCUT2D eigenvalue weighted by atomic mass is 16.3. The summed E-state index contributed by atoms with van der Waals surface area (Å²) >= 11 is 0. The number of benzene rings is 1. The normalized spacial score (nSPS) is 17.5. The predicted molar refractivity (Wildman–Crippen MR) is 71.1 cm³/mol. The zero-order valence-electron chi connectivity index (χ0n) is 10.5. The van der Waals surface area contributed by atoms with E-state index in [0.717, 1.165) is 25.9 Å². The Morgan fingerprint density at radius 2 is 2.06 bits per heavy atom. The van der Waals surface area contributed by atoms with Crippen LogP contribution in [0.1, 0.15) is 24.0 Å². The molecule has 17 heavy (non-hydrogen) atoms. The molecule has 0 bridgehead atoms. The minimum atomic E-state index is 0.325. The van der Waals surface area contributed by atoms with Crippen LogP contribution < -0.4 is 10.6 Å². The summed E-state index contributed by atoms with van der Waals surface area (Å²) in [5.41, 5.74) is 9.58. The van der Waals surface area contributed by atoms with Crippen LogP contribution in [0.15, 0.2) is 18.2 Å². The standard InChI is InChI=1S/C14H22N2O/c1-11-2-3-13(9-15)14(8-11)16-6-4-12(10-17)5-7-16/h2-3,8,12,17H,4-7,9-10,15H2,1H3. The molecule has 0 aromatic heterocycles. The van der Waals surface area contributed by atoms with Crippen molar-refractivity contribution < 1.29 is 5.11 Å². The Labute approximate surface area is 103 Å². The van der Waals surface area contributed by atoms with Gasteiger partial charge in [0.1, 0.15) is 0 Å². The van der Waals surface area contributed by atoms with Crippen molar-refractivity contribution in [3.8, 4) is 0 Å². The SMILES string of the molecule is Cc1ccc(CN)c(N2CCC(CO)CC2)c1. The van der Waals surface area contributed by atoms with E-state index in [4.69, 9.17) is 10.8 Å². The Morgan fingerprint density at radius 3 is 2.65 bits per heavy atom. The quantitative estimate of drug-likeness (QED) is 0.836. The van der Waals surface area contributed by atoms with Crippen LogP contribution in [0.25, 0.3) is 0 Å². The summed E-state index contributed by atoms with van der Waals surface area (Å²) in [7, 11) is 0. The fourth-order valence-corrected chi connectivity index (χ4v) is 2.50. The molecule has 1 saturated heterocycles. The van der Waals surface area contributed by atoms with Gasteiger partial charge in [-0.25, -0.2) is 0 Å². The van der Waals surface area contributed by atoms with Crippen molar-refractivity contribution in [2.45, 2.75) is 26.3 Å². The lowest BCUT2D eigenvalue weighted by molar-refractivity contribution is 0.203. The molecule has 1 heterocycles. The van der Waals surface area contributed by atoms with Crippen molar-refractivity contribution in [1.29, 1.82) is 0 Å². The Hall–Kier alpha value is -1.06. The van der Waals surface area contributed by atoms with E-state index < -0.39 is 0 Å². The van der Waals surface area contributed by atoms with Gasteiger partial charge in [-0.2, -0.15) is 0 Å². The molecule has 1 aliphatic rings. The summed E-state index contributed by atoms with van der Waals surface area (Å²) in [6, 6.07) is 6.47. The Kier molecular flexibility index (Phi) is 4.02. The lowest BCUT2D eigenvalue weighted by Crippen LogP contribution is -2.35. The van der Waals surface area contributed by atoms with Gasteiger partial charge in [-0.1, -0.05) is 12.1 Å². The van der Waals surface area contributed by atoms with Crippen LogP contribution >= 0.6 is 0 Å². The number of aryl methyl sites for hydroxylation is 1. The van der Waals surface area contributed by atoms with Crippen LogP contribution in [-0.2, 0) is 6.54 Å². The van der Waals surface area contributed by atoms with Crippen molar-refractivity contribution >= 4 is 5.69 Å². The second kappa shape index (κ2) is 5.52. The first-order chi connectivity index (χ1) is 8.24. The van der Waals surface area contributed by atoms with E-state index >= 15 is 0 Å². The lowest BCUT2D eigenvalue weighted by Gasteiger charge is -2.34. The van der Waals surface area contributed by atoms with Crippen LogP contribution in [0.5, 0.6) is 0 Å². The molecule has 0 radical (unpaired) electrons. The first-order valence-electron chi connectivity index (χ1n) is 6.40. The summed E-state index contributed by atoms with van der Waals surface area (Å²) in [6.07, 6.45) is 2.16. The largest absolute Gasteiger partial charge is 0.396 e. The molecule has 1 aliphatic heterocycles. The van der Waals surface area contributed by atoms with Gasteiger partial charge in [0.05, 0.1) is 0 Å². The summed E-state index contributed by atoms with van der Waals surface area (Å²) < 4.78 is 0. The molecule has 0 saturated carbocycles. The van der Waals surface area contributed by atoms with Gasteiger partial charge in [0, 0.05) is 31.9 Å². The average Bonchev–Trinajstić information content (AvgIpc) is 2.39. The number of nitrogens with two attached hydrogens (primary N) is 1. The number of anilines is 1. The van der Waals surface area contributed by atoms with Crippen molar-refractivity contribution in [3.05, 3.63) is 29.3 Å². The lowest BCUT2D eigenvalue weighted by atomic mass is 9.96. The summed E-state index contributed by atoms with van der Waals surface area (Å²) in [5, 5.41) is 9.15. The van der Waals surface area contributed by atoms with E-state index in [1.165, 1.54) is 16.8 Å². The van der Waals surface area contributed by atoms with Crippen LogP contribution in [-0.4, -0.2) is 24.8 Å². The zero-order chi connectivity index (χ0) is 12.3. The maximum absolute atomic E-state index is 9.15. The van der Waals surface area contributed by atoms with E-state index in [9.17, 15) is 0 Å². The second-order valence-corrected chi connectivity index (χ2v) is 4.95. The third kappa shape index (κ3) is 2.79. The van der Waals surface area contributed by atoms with E-state index in [0.29, 0.717) is 19.1 Å². The molecule has 0 unspecified atom stereocenters. The minimum Gasteiger partial charge on any atom is -0.396 e. The molecule has 3 nitrogen and oxygen atoms in total. The maximum atomic E-state index is 9.15. The second-order valence-electron chi connectivity index (χ2n) is 4.95. The van der Waals surface area contributed by atoms with E-state index in [-0.39, 0.29) is 0 Å². The fourth-order valence-electron chi connectivity index (χ4n) is 2.50. The Balaban J connectivity index is 2.14. The van der Waals surface area contributed by atoms with Gasteiger partial charge in [-0.05, 0) is 42.9 Å². The molecule has 1 aromatic rings. The van der Waals surface area contributed by atoms with Crippen molar-refractivity contribution in [2.75, 3.05) is 24.6 Å². The van der Waals surface area contributed by atoms with E-state index in [1.807, 2.05) is 0 Å². The van der Waals surface area contributed by atoms with Crippen molar-refractivity contribution in [2.24, 2.45) is 11.7 Å². The Bertz CT molecular complexity index is 370. The monoisotopic (exact) mass is 234 g/mol. The molecule has 0 amide bonds. The molecule has 2 rings (SSSR count). The van der Waals surface area contributed by atoms with E-state index in [1.54, 1.807) is 0 Å². The molecule has 1 aromatic carbocycles. The summed E-state index contributed by atoms with van der Waals surface area (Å²) in [6.45, 7) is 5.09. The number of hydrogen-bond acceptors (Lipinski definition) is 3. The number of hydrogen-bond donors (Lipinski definition) is 2. The van der Waals surface area contributed by atoms with Gasteiger partial charge in [-0.15, -0.1) is 0 Å². The van der Waals surface area contributed by atoms with Crippen molar-refractivity contribution in [1.82, 2.24) is 0 Å². The van der Waals surface area contributed by atoms with Gasteiger partial charge in [0.25, 0.3) is 0 Å². The topological polar surface area (TPSA) is 49.5 Å². The molecular formula is C14H22N2O. The first kappa shape index (κ1) is 12.4. The minimum absolute atomic E-state index is 0.325. The van der Waals surface area contributed by atoms with Gasteiger partial charge < -0.3 is 15.7 Å². The molecule has 0 aliphatic carbocycles.